The Morgan fingerprint density at radius 2 is 1.81 bits per heavy atom. The molecule has 4 rings (SSSR count). The van der Waals surface area contributed by atoms with Gasteiger partial charge in [-0.05, 0) is 11.6 Å². The zero-order chi connectivity index (χ0) is 18.6. The van der Waals surface area contributed by atoms with Crippen molar-refractivity contribution in [2.45, 2.75) is 10.9 Å². The molecule has 0 aliphatic carbocycles. The molecule has 2 aromatic heterocycles. The van der Waals surface area contributed by atoms with Crippen LogP contribution in [0.2, 0.25) is 5.02 Å². The minimum absolute atomic E-state index is 0.185. The number of hydrogen-bond acceptors (Lipinski definition) is 6. The Bertz CT molecular complexity index is 1160. The summed E-state index contributed by atoms with van der Waals surface area (Å²) in [5.41, 5.74) is 0.838. The normalized spacial score (nSPS) is 12.9. The van der Waals surface area contributed by atoms with Crippen LogP contribution in [0.25, 0.3) is 11.2 Å². The highest BCUT2D eigenvalue weighted by Crippen LogP contribution is 2.38. The molecule has 0 saturated carbocycles. The third kappa shape index (κ3) is 2.50. The molecule has 1 aliphatic heterocycles. The topological polar surface area (TPSA) is 80.3 Å². The predicted molar refractivity (Wildman–Crippen MR) is 98.3 cm³/mol. The molecule has 0 radical (unpaired) electrons. The Labute approximate surface area is 156 Å². The lowest BCUT2D eigenvalue weighted by Crippen LogP contribution is -2.37. The van der Waals surface area contributed by atoms with Crippen molar-refractivity contribution in [1.29, 1.82) is 0 Å². The van der Waals surface area contributed by atoms with E-state index in [-0.39, 0.29) is 12.4 Å². The van der Waals surface area contributed by atoms with Crippen molar-refractivity contribution in [2.24, 2.45) is 21.1 Å². The number of halogens is 1. The largest absolute Gasteiger partial charge is 0.454 e. The Balaban J connectivity index is 1.72. The summed E-state index contributed by atoms with van der Waals surface area (Å²) in [5, 5.41) is 1.19. The van der Waals surface area contributed by atoms with E-state index in [4.69, 9.17) is 21.1 Å². The number of nitrogens with zero attached hydrogens (tertiary/aromatic N) is 4. The summed E-state index contributed by atoms with van der Waals surface area (Å²) in [6.07, 6.45) is 0. The quantitative estimate of drug-likeness (QED) is 0.628. The summed E-state index contributed by atoms with van der Waals surface area (Å²) in [6, 6.07) is 3.57. The van der Waals surface area contributed by atoms with Gasteiger partial charge in [-0.3, -0.25) is 13.9 Å². The van der Waals surface area contributed by atoms with Gasteiger partial charge in [-0.1, -0.05) is 23.4 Å². The summed E-state index contributed by atoms with van der Waals surface area (Å²) in [7, 11) is 4.81. The van der Waals surface area contributed by atoms with Crippen molar-refractivity contribution in [3.63, 3.8) is 0 Å². The first kappa shape index (κ1) is 17.0. The number of ether oxygens (including phenoxy) is 2. The lowest BCUT2D eigenvalue weighted by Gasteiger charge is -2.06. The van der Waals surface area contributed by atoms with Gasteiger partial charge in [0.2, 0.25) is 6.79 Å². The molecule has 0 unspecified atom stereocenters. The van der Waals surface area contributed by atoms with E-state index in [1.807, 2.05) is 6.07 Å². The van der Waals surface area contributed by atoms with Crippen LogP contribution in [-0.4, -0.2) is 25.5 Å². The Morgan fingerprint density at radius 3 is 2.54 bits per heavy atom. The summed E-state index contributed by atoms with van der Waals surface area (Å²) in [5.74, 6) is 1.82. The molecule has 10 heteroatoms. The van der Waals surface area contributed by atoms with Crippen molar-refractivity contribution < 1.29 is 9.47 Å². The lowest BCUT2D eigenvalue weighted by atomic mass is 10.2. The molecule has 3 heterocycles. The van der Waals surface area contributed by atoms with Crippen LogP contribution in [0, 0.1) is 0 Å². The van der Waals surface area contributed by atoms with Gasteiger partial charge in [0.15, 0.2) is 27.8 Å². The van der Waals surface area contributed by atoms with Crippen molar-refractivity contribution in [1.82, 2.24) is 18.7 Å². The highest BCUT2D eigenvalue weighted by molar-refractivity contribution is 7.98. The van der Waals surface area contributed by atoms with E-state index < -0.39 is 5.69 Å². The molecule has 0 amide bonds. The molecule has 0 saturated heterocycles. The fourth-order valence-corrected chi connectivity index (χ4v) is 4.10. The molecule has 136 valence electrons. The molecule has 0 atom stereocenters. The highest BCUT2D eigenvalue weighted by Gasteiger charge is 2.19. The van der Waals surface area contributed by atoms with E-state index in [1.54, 1.807) is 24.7 Å². The smallest absolute Gasteiger partial charge is 0.332 e. The van der Waals surface area contributed by atoms with Crippen molar-refractivity contribution in [3.05, 3.63) is 43.6 Å². The van der Waals surface area contributed by atoms with E-state index in [0.717, 1.165) is 10.1 Å². The van der Waals surface area contributed by atoms with Gasteiger partial charge in [0.1, 0.15) is 0 Å². The molecule has 0 N–H and O–H groups in total. The fraction of sp³-hybridized carbons (Fsp3) is 0.312. The molecule has 1 aromatic carbocycles. The number of fused-ring (bicyclic) bond motifs is 2. The molecule has 0 bridgehead atoms. The second-order valence-corrected chi connectivity index (χ2v) is 7.27. The first-order valence-electron chi connectivity index (χ1n) is 7.71. The SMILES string of the molecule is Cn1c(=O)c2c(nc(SCc3cc4c(cc3Cl)OCO4)n2C)n(C)c1=O. The zero-order valence-corrected chi connectivity index (χ0v) is 15.8. The standard InChI is InChI=1S/C16H15ClN4O4S/c1-19-12-13(20(2)16(23)21(3)14(12)22)18-15(19)26-6-8-4-10-11(5-9(8)17)25-7-24-10/h4-5H,6-7H2,1-3H3. The molecule has 0 spiro atoms. The van der Waals surface area contributed by atoms with Gasteiger partial charge in [0.05, 0.1) is 0 Å². The van der Waals surface area contributed by atoms with Crippen LogP contribution < -0.4 is 20.7 Å². The van der Waals surface area contributed by atoms with Crippen molar-refractivity contribution in [3.8, 4) is 11.5 Å². The number of imidazole rings is 1. The minimum atomic E-state index is -0.407. The number of thioether (sulfide) groups is 1. The minimum Gasteiger partial charge on any atom is -0.454 e. The maximum Gasteiger partial charge on any atom is 0.332 e. The van der Waals surface area contributed by atoms with Gasteiger partial charge in [0.25, 0.3) is 5.56 Å². The lowest BCUT2D eigenvalue weighted by molar-refractivity contribution is 0.174. The average Bonchev–Trinajstić information content (AvgIpc) is 3.20. The molecule has 3 aromatic rings. The van der Waals surface area contributed by atoms with Gasteiger partial charge in [0, 0.05) is 38.0 Å². The van der Waals surface area contributed by atoms with Crippen molar-refractivity contribution >= 4 is 34.5 Å². The van der Waals surface area contributed by atoms with Crippen LogP contribution in [0.3, 0.4) is 0 Å². The Kier molecular flexibility index (Phi) is 4.00. The third-order valence-electron chi connectivity index (χ3n) is 4.33. The highest BCUT2D eigenvalue weighted by atomic mass is 35.5. The van der Waals surface area contributed by atoms with Crippen LogP contribution in [0.4, 0.5) is 0 Å². The van der Waals surface area contributed by atoms with E-state index in [2.05, 4.69) is 4.98 Å². The molecule has 1 aliphatic rings. The number of aryl methyl sites for hydroxylation is 2. The summed E-state index contributed by atoms with van der Waals surface area (Å²) < 4.78 is 14.8. The second-order valence-electron chi connectivity index (χ2n) is 5.92. The number of hydrogen-bond donors (Lipinski definition) is 0. The number of benzene rings is 1. The average molecular weight is 395 g/mol. The van der Waals surface area contributed by atoms with Gasteiger partial charge >= 0.3 is 5.69 Å². The van der Waals surface area contributed by atoms with Gasteiger partial charge in [-0.2, -0.15) is 0 Å². The van der Waals surface area contributed by atoms with Crippen LogP contribution in [0.5, 0.6) is 11.5 Å². The predicted octanol–water partition coefficient (Wildman–Crippen LogP) is 1.65. The second kappa shape index (κ2) is 6.10. The summed E-state index contributed by atoms with van der Waals surface area (Å²) in [6.45, 7) is 0.185. The maximum atomic E-state index is 12.4. The van der Waals surface area contributed by atoms with Gasteiger partial charge < -0.3 is 14.0 Å². The zero-order valence-electron chi connectivity index (χ0n) is 14.3. The Hall–Kier alpha value is -2.39. The molecular formula is C16H15ClN4O4S. The van der Waals surface area contributed by atoms with Crippen molar-refractivity contribution in [2.75, 3.05) is 6.79 Å². The third-order valence-corrected chi connectivity index (χ3v) is 5.76. The van der Waals surface area contributed by atoms with E-state index >= 15 is 0 Å². The van der Waals surface area contributed by atoms with E-state index in [1.165, 1.54) is 23.4 Å². The van der Waals surface area contributed by atoms with Gasteiger partial charge in [-0.25, -0.2) is 9.78 Å². The summed E-state index contributed by atoms with van der Waals surface area (Å²) in [4.78, 5) is 29.0. The first-order valence-corrected chi connectivity index (χ1v) is 9.08. The maximum absolute atomic E-state index is 12.4. The first-order chi connectivity index (χ1) is 12.4. The Morgan fingerprint density at radius 1 is 1.12 bits per heavy atom. The van der Waals surface area contributed by atoms with Crippen LogP contribution in [-0.2, 0) is 26.9 Å². The molecule has 26 heavy (non-hydrogen) atoms. The van der Waals surface area contributed by atoms with Crippen LogP contribution >= 0.6 is 23.4 Å². The van der Waals surface area contributed by atoms with E-state index in [0.29, 0.717) is 38.6 Å². The molecule has 0 fully saturated rings. The summed E-state index contributed by atoms with van der Waals surface area (Å²) >= 11 is 7.73. The van der Waals surface area contributed by atoms with Crippen LogP contribution in [0.15, 0.2) is 26.9 Å². The number of aromatic nitrogens is 4. The molecular weight excluding hydrogens is 380 g/mol. The van der Waals surface area contributed by atoms with E-state index in [9.17, 15) is 9.59 Å². The fourth-order valence-electron chi connectivity index (χ4n) is 2.84. The molecule has 8 nitrogen and oxygen atoms in total. The van der Waals surface area contributed by atoms with Crippen LogP contribution in [0.1, 0.15) is 5.56 Å². The monoisotopic (exact) mass is 394 g/mol. The van der Waals surface area contributed by atoms with Gasteiger partial charge in [-0.15, -0.1) is 0 Å². The number of rotatable bonds is 3.